The molecular formula is C28H27N3O7. The summed E-state index contributed by atoms with van der Waals surface area (Å²) < 4.78 is 21.7. The van der Waals surface area contributed by atoms with Crippen molar-refractivity contribution in [3.05, 3.63) is 64.9 Å². The second kappa shape index (κ2) is 11.6. The van der Waals surface area contributed by atoms with Crippen molar-refractivity contribution < 1.29 is 33.3 Å². The molecule has 1 amide bonds. The van der Waals surface area contributed by atoms with E-state index < -0.39 is 23.7 Å². The van der Waals surface area contributed by atoms with E-state index in [4.69, 9.17) is 19.6 Å². The number of methoxy groups -OCH3 is 1. The van der Waals surface area contributed by atoms with E-state index in [1.165, 1.54) is 19.2 Å². The van der Waals surface area contributed by atoms with Gasteiger partial charge in [-0.25, -0.2) is 4.79 Å². The van der Waals surface area contributed by atoms with Gasteiger partial charge in [-0.1, -0.05) is 6.07 Å². The lowest BCUT2D eigenvalue weighted by atomic mass is 9.74. The number of Topliss-reactive ketones (excluding diaryl/α,β-unsaturated/α-hetero) is 1. The topological polar surface area (TPSA) is 148 Å². The number of anilines is 1. The van der Waals surface area contributed by atoms with Gasteiger partial charge in [-0.05, 0) is 55.3 Å². The molecule has 2 unspecified atom stereocenters. The number of ether oxygens (including phenoxy) is 4. The van der Waals surface area contributed by atoms with Crippen LogP contribution in [0.15, 0.2) is 53.8 Å². The van der Waals surface area contributed by atoms with E-state index in [1.54, 1.807) is 37.3 Å². The van der Waals surface area contributed by atoms with Crippen LogP contribution in [0.4, 0.5) is 5.69 Å². The molecule has 0 aromatic heterocycles. The van der Waals surface area contributed by atoms with Gasteiger partial charge in [-0.2, -0.15) is 5.26 Å². The third-order valence-corrected chi connectivity index (χ3v) is 6.28. The number of rotatable bonds is 8. The molecule has 196 valence electrons. The number of nitriles is 1. The fraction of sp³-hybridized carbons (Fsp3) is 0.321. The largest absolute Gasteiger partial charge is 0.490 e. The van der Waals surface area contributed by atoms with E-state index in [1.807, 2.05) is 0 Å². The van der Waals surface area contributed by atoms with Crippen LogP contribution in [0, 0.1) is 22.7 Å². The molecule has 10 nitrogen and oxygen atoms in total. The molecule has 4 rings (SSSR count). The summed E-state index contributed by atoms with van der Waals surface area (Å²) in [6.07, 6.45) is 1.55. The Kier molecular flexibility index (Phi) is 8.06. The zero-order valence-electron chi connectivity index (χ0n) is 21.0. The van der Waals surface area contributed by atoms with E-state index in [0.29, 0.717) is 65.5 Å². The molecule has 0 radical (unpaired) electrons. The molecular weight excluding hydrogens is 490 g/mol. The molecule has 38 heavy (non-hydrogen) atoms. The number of ketones is 1. The van der Waals surface area contributed by atoms with Crippen molar-refractivity contribution in [2.24, 2.45) is 5.92 Å². The van der Waals surface area contributed by atoms with E-state index >= 15 is 0 Å². The Bertz CT molecular complexity index is 1340. The van der Waals surface area contributed by atoms with E-state index in [2.05, 4.69) is 16.1 Å². The van der Waals surface area contributed by atoms with Crippen LogP contribution in [0.25, 0.3) is 0 Å². The molecule has 1 heterocycles. The summed E-state index contributed by atoms with van der Waals surface area (Å²) >= 11 is 0. The lowest BCUT2D eigenvalue weighted by molar-refractivity contribution is -0.118. The van der Waals surface area contributed by atoms with Gasteiger partial charge in [0, 0.05) is 30.0 Å². The summed E-state index contributed by atoms with van der Waals surface area (Å²) in [4.78, 5) is 36.8. The van der Waals surface area contributed by atoms with Crippen LogP contribution >= 0.6 is 0 Å². The number of hydrogen-bond acceptors (Lipinski definition) is 9. The normalized spacial score (nSPS) is 18.6. The Hall–Kier alpha value is -4.65. The number of allylic oxidation sites excluding steroid dienone is 2. The summed E-state index contributed by atoms with van der Waals surface area (Å²) in [5, 5.41) is 20.7. The number of amides is 1. The number of nitrogens with one attached hydrogen (secondary N) is 2. The van der Waals surface area contributed by atoms with Crippen LogP contribution in [0.1, 0.15) is 48.0 Å². The first kappa shape index (κ1) is 26.4. The Labute approximate surface area is 219 Å². The highest BCUT2D eigenvalue weighted by molar-refractivity contribution is 6.01. The van der Waals surface area contributed by atoms with Gasteiger partial charge in [0.2, 0.25) is 5.90 Å². The highest BCUT2D eigenvalue weighted by Gasteiger charge is 2.42. The van der Waals surface area contributed by atoms with Crippen LogP contribution in [0.5, 0.6) is 11.5 Å². The van der Waals surface area contributed by atoms with Crippen LogP contribution < -0.4 is 14.8 Å². The lowest BCUT2D eigenvalue weighted by Crippen LogP contribution is -2.34. The maximum atomic E-state index is 12.8. The van der Waals surface area contributed by atoms with Crippen LogP contribution in [0.2, 0.25) is 0 Å². The lowest BCUT2D eigenvalue weighted by Gasteiger charge is -2.34. The summed E-state index contributed by atoms with van der Waals surface area (Å²) in [5.41, 5.74) is 1.91. The molecule has 1 aliphatic heterocycles. The van der Waals surface area contributed by atoms with Crippen LogP contribution in [0.3, 0.4) is 0 Å². The van der Waals surface area contributed by atoms with Crippen LogP contribution in [-0.2, 0) is 19.1 Å². The third-order valence-electron chi connectivity index (χ3n) is 6.28. The van der Waals surface area contributed by atoms with E-state index in [0.717, 1.165) is 0 Å². The number of hydrogen-bond donors (Lipinski definition) is 2. The van der Waals surface area contributed by atoms with Gasteiger partial charge >= 0.3 is 5.97 Å². The van der Waals surface area contributed by atoms with Crippen molar-refractivity contribution in [3.63, 3.8) is 0 Å². The molecule has 2 aromatic rings. The number of carbonyl (C=O) groups is 3. The second-order valence-corrected chi connectivity index (χ2v) is 8.71. The third kappa shape index (κ3) is 5.52. The van der Waals surface area contributed by atoms with E-state index in [9.17, 15) is 19.6 Å². The van der Waals surface area contributed by atoms with Crippen molar-refractivity contribution in [2.75, 3.05) is 25.6 Å². The number of nitrogens with zero attached hydrogens (tertiary/aromatic N) is 1. The number of esters is 1. The standard InChI is InChI=1S/C28H27N3O7/c1-3-36-23-13-17(25-19(14-29)27(30)38-22-6-4-5-20(32)26(22)25)9-12-21(23)37-15-24(33)31-18-10-7-16(8-11-18)28(34)35-2/h7-13,19,25,30H,3-6,15H2,1-2H3,(H,31,33). The Morgan fingerprint density at radius 2 is 1.89 bits per heavy atom. The SMILES string of the molecule is CCOc1cc(C2C3=C(CCCC3=O)OC(=N)C2C#N)ccc1OCC(=O)Nc1ccc(C(=O)OC)cc1. The van der Waals surface area contributed by atoms with Crippen LogP contribution in [-0.4, -0.2) is 43.9 Å². The van der Waals surface area contributed by atoms with Crippen molar-refractivity contribution in [1.29, 1.82) is 10.7 Å². The number of carbonyl (C=O) groups excluding carboxylic acids is 3. The number of benzene rings is 2. The summed E-state index contributed by atoms with van der Waals surface area (Å²) in [6, 6.07) is 13.4. The fourth-order valence-corrected chi connectivity index (χ4v) is 4.55. The minimum atomic E-state index is -0.951. The molecule has 0 fully saturated rings. The molecule has 2 N–H and O–H groups in total. The van der Waals surface area contributed by atoms with E-state index in [-0.39, 0.29) is 18.3 Å². The van der Waals surface area contributed by atoms with Gasteiger partial charge in [-0.15, -0.1) is 0 Å². The molecule has 1 aliphatic carbocycles. The zero-order chi connectivity index (χ0) is 27.2. The molecule has 10 heteroatoms. The smallest absolute Gasteiger partial charge is 0.337 e. The summed E-state index contributed by atoms with van der Waals surface area (Å²) in [5.74, 6) is -1.66. The predicted octanol–water partition coefficient (Wildman–Crippen LogP) is 4.13. The average molecular weight is 518 g/mol. The van der Waals surface area contributed by atoms with Crippen molar-refractivity contribution in [2.45, 2.75) is 32.1 Å². The van der Waals surface area contributed by atoms with Crippen molar-refractivity contribution in [3.8, 4) is 17.6 Å². The van der Waals surface area contributed by atoms with Gasteiger partial charge in [0.05, 0.1) is 25.3 Å². The predicted molar refractivity (Wildman–Crippen MR) is 136 cm³/mol. The minimum absolute atomic E-state index is 0.0847. The average Bonchev–Trinajstić information content (AvgIpc) is 2.92. The zero-order valence-corrected chi connectivity index (χ0v) is 21.0. The molecule has 2 aliphatic rings. The molecule has 2 atom stereocenters. The Balaban J connectivity index is 1.52. The summed E-state index contributed by atoms with van der Waals surface area (Å²) in [7, 11) is 1.29. The highest BCUT2D eigenvalue weighted by atomic mass is 16.5. The van der Waals surface area contributed by atoms with Crippen molar-refractivity contribution >= 4 is 29.2 Å². The first-order chi connectivity index (χ1) is 18.4. The maximum absolute atomic E-state index is 12.8. The molecule has 0 saturated heterocycles. The van der Waals surface area contributed by atoms with Gasteiger partial charge in [0.25, 0.3) is 5.91 Å². The Morgan fingerprint density at radius 1 is 1.13 bits per heavy atom. The molecule has 2 aromatic carbocycles. The highest BCUT2D eigenvalue weighted by Crippen LogP contribution is 2.45. The molecule has 0 saturated carbocycles. The van der Waals surface area contributed by atoms with Gasteiger partial charge < -0.3 is 24.3 Å². The monoisotopic (exact) mass is 517 g/mol. The van der Waals surface area contributed by atoms with Gasteiger partial charge in [-0.3, -0.25) is 15.0 Å². The van der Waals surface area contributed by atoms with Gasteiger partial charge in [0.15, 0.2) is 23.9 Å². The quantitative estimate of drug-likeness (QED) is 0.497. The van der Waals surface area contributed by atoms with Gasteiger partial charge in [0.1, 0.15) is 11.7 Å². The first-order valence-corrected chi connectivity index (χ1v) is 12.2. The maximum Gasteiger partial charge on any atom is 0.337 e. The second-order valence-electron chi connectivity index (χ2n) is 8.71. The summed E-state index contributed by atoms with van der Waals surface area (Å²) in [6.45, 7) is 1.81. The van der Waals surface area contributed by atoms with Crippen molar-refractivity contribution in [1.82, 2.24) is 0 Å². The first-order valence-electron chi connectivity index (χ1n) is 12.2. The molecule has 0 spiro atoms. The Morgan fingerprint density at radius 3 is 2.58 bits per heavy atom. The minimum Gasteiger partial charge on any atom is -0.490 e. The fourth-order valence-electron chi connectivity index (χ4n) is 4.55. The molecule has 0 bridgehead atoms.